The van der Waals surface area contributed by atoms with E-state index in [0.717, 1.165) is 0 Å². The summed E-state index contributed by atoms with van der Waals surface area (Å²) in [5.74, 6) is 1.37. The van der Waals surface area contributed by atoms with Crippen LogP contribution in [0, 0.1) is 0 Å². The van der Waals surface area contributed by atoms with Gasteiger partial charge in [-0.2, -0.15) is 0 Å². The van der Waals surface area contributed by atoms with Crippen LogP contribution in [0.25, 0.3) is 0 Å². The maximum Gasteiger partial charge on any atom is 0.252 e. The summed E-state index contributed by atoms with van der Waals surface area (Å²) >= 11 is 0. The van der Waals surface area contributed by atoms with Gasteiger partial charge in [0.05, 0.1) is 0 Å². The van der Waals surface area contributed by atoms with Gasteiger partial charge < -0.3 is 9.80 Å². The molecule has 3 heteroatoms. The first-order chi connectivity index (χ1) is 28.4. The van der Waals surface area contributed by atoms with Crippen LogP contribution in [0.1, 0.15) is 200 Å². The first kappa shape index (κ1) is 43.4. The fourth-order valence-corrected chi connectivity index (χ4v) is 10.2. The van der Waals surface area contributed by atoms with Gasteiger partial charge in [-0.15, -0.1) is 0 Å². The van der Waals surface area contributed by atoms with Crippen molar-refractivity contribution in [3.63, 3.8) is 0 Å². The average Bonchev–Trinajstić information content (AvgIpc) is 3.18. The molecule has 320 valence electrons. The minimum Gasteiger partial charge on any atom is -0.311 e. The molecule has 2 nitrogen and oxygen atoms in total. The van der Waals surface area contributed by atoms with Crippen molar-refractivity contribution in [3.8, 4) is 0 Å². The monoisotopic (exact) mass is 811 g/mol. The third-order valence-corrected chi connectivity index (χ3v) is 14.4. The van der Waals surface area contributed by atoms with Crippen LogP contribution in [0.4, 0.5) is 34.1 Å². The van der Waals surface area contributed by atoms with Crippen LogP contribution in [0.15, 0.2) is 84.9 Å². The van der Waals surface area contributed by atoms with Gasteiger partial charge in [-0.05, 0) is 156 Å². The van der Waals surface area contributed by atoms with Crippen LogP contribution < -0.4 is 26.2 Å². The molecule has 8 rings (SSSR count). The van der Waals surface area contributed by atoms with Gasteiger partial charge in [-0.25, -0.2) is 0 Å². The summed E-state index contributed by atoms with van der Waals surface area (Å²) in [7, 11) is 0. The average molecular weight is 811 g/mol. The first-order valence-electron chi connectivity index (χ1n) is 23.8. The Morgan fingerprint density at radius 1 is 0.443 bits per heavy atom. The number of benzene rings is 5. The lowest BCUT2D eigenvalue weighted by molar-refractivity contribution is 0.444. The second-order valence-electron chi connectivity index (χ2n) is 23.9. The third kappa shape index (κ3) is 8.02. The number of nitrogens with zero attached hydrogens (tertiary/aromatic N) is 2. The van der Waals surface area contributed by atoms with Gasteiger partial charge in [-0.1, -0.05) is 166 Å². The molecule has 0 unspecified atom stereocenters. The van der Waals surface area contributed by atoms with E-state index in [0.29, 0.717) is 17.8 Å². The van der Waals surface area contributed by atoms with Crippen LogP contribution in [-0.4, -0.2) is 6.71 Å². The molecule has 61 heavy (non-hydrogen) atoms. The Balaban J connectivity index is 1.54. The molecule has 0 N–H and O–H groups in total. The summed E-state index contributed by atoms with van der Waals surface area (Å²) < 4.78 is 0. The normalized spacial score (nSPS) is 16.0. The second kappa shape index (κ2) is 15.2. The van der Waals surface area contributed by atoms with Gasteiger partial charge in [0.2, 0.25) is 0 Å². The molecule has 1 saturated carbocycles. The van der Waals surface area contributed by atoms with Crippen molar-refractivity contribution >= 4 is 57.2 Å². The van der Waals surface area contributed by atoms with Crippen LogP contribution in [0.5, 0.6) is 0 Å². The molecule has 0 spiro atoms. The lowest BCUT2D eigenvalue weighted by Crippen LogP contribution is -2.61. The highest BCUT2D eigenvalue weighted by atomic mass is 15.2. The number of hydrogen-bond acceptors (Lipinski definition) is 2. The minimum atomic E-state index is -0.00693. The van der Waals surface area contributed by atoms with E-state index in [9.17, 15) is 0 Å². The number of fused-ring (bicyclic) bond motifs is 4. The maximum absolute atomic E-state index is 2.71. The molecule has 0 saturated heterocycles. The Morgan fingerprint density at radius 2 is 0.803 bits per heavy atom. The largest absolute Gasteiger partial charge is 0.311 e. The zero-order valence-electron chi connectivity index (χ0n) is 40.8. The smallest absolute Gasteiger partial charge is 0.252 e. The van der Waals surface area contributed by atoms with Gasteiger partial charge in [0.1, 0.15) is 0 Å². The summed E-state index contributed by atoms with van der Waals surface area (Å²) in [6.07, 6.45) is 6.46. The molecule has 5 aromatic carbocycles. The molecule has 1 aliphatic carbocycles. The van der Waals surface area contributed by atoms with Crippen LogP contribution in [0.2, 0.25) is 0 Å². The minimum absolute atomic E-state index is 0.00693. The molecule has 0 aromatic heterocycles. The molecule has 3 aliphatic rings. The highest BCUT2D eigenvalue weighted by Gasteiger charge is 2.45. The van der Waals surface area contributed by atoms with E-state index in [1.807, 2.05) is 0 Å². The molecule has 0 atom stereocenters. The van der Waals surface area contributed by atoms with Crippen molar-refractivity contribution in [1.29, 1.82) is 0 Å². The molecule has 2 heterocycles. The fourth-order valence-electron chi connectivity index (χ4n) is 10.2. The molecule has 1 fully saturated rings. The lowest BCUT2D eigenvalue weighted by atomic mass is 9.33. The van der Waals surface area contributed by atoms with E-state index in [4.69, 9.17) is 0 Å². The van der Waals surface area contributed by atoms with Crippen LogP contribution in [-0.2, 0) is 21.7 Å². The Morgan fingerprint density at radius 3 is 1.13 bits per heavy atom. The second-order valence-corrected chi connectivity index (χ2v) is 23.9. The fraction of sp³-hybridized carbons (Fsp3) is 0.483. The summed E-state index contributed by atoms with van der Waals surface area (Å²) in [5, 5.41) is 0. The van der Waals surface area contributed by atoms with Gasteiger partial charge >= 0.3 is 0 Å². The predicted molar refractivity (Wildman–Crippen MR) is 269 cm³/mol. The van der Waals surface area contributed by atoms with E-state index in [1.165, 1.54) is 122 Å². The van der Waals surface area contributed by atoms with Gasteiger partial charge in [0.15, 0.2) is 0 Å². The summed E-state index contributed by atoms with van der Waals surface area (Å²) in [6, 6.07) is 35.3. The SMILES string of the molecule is CC(C)c1ccc2c(c1)N(c1cc(C(C)(C)C)cc(C(C)(C)C)c1)c1cc(C3CCCCC3)cc3c1B2c1ccc(C(C)C)cc1N3c1cc(C(C)(C)C)cc(C(C)(C)C)c1. The standard InChI is InChI=1S/C58H75BN2/c1-36(2)39-22-24-48-50(26-39)60(46-32-42(55(5,6)7)30-43(33-46)56(8,9)10)52-28-41(38-20-18-17-19-21-38)29-53-54(52)59(48)49-25-23-40(37(3)4)27-51(49)61(53)47-34-44(57(11,12)13)31-45(35-47)58(14,15)16/h22-38H,17-21H2,1-16H3. The van der Waals surface area contributed by atoms with Gasteiger partial charge in [0.25, 0.3) is 6.71 Å². The molecule has 0 amide bonds. The Labute approximate surface area is 371 Å². The zero-order chi connectivity index (χ0) is 44.1. The quantitative estimate of drug-likeness (QED) is 0.160. The number of rotatable bonds is 5. The molecule has 0 bridgehead atoms. The highest BCUT2D eigenvalue weighted by molar-refractivity contribution is 7.00. The van der Waals surface area contributed by atoms with E-state index in [-0.39, 0.29) is 28.4 Å². The topological polar surface area (TPSA) is 6.48 Å². The molecular formula is C58H75BN2. The van der Waals surface area contributed by atoms with Crippen molar-refractivity contribution in [2.45, 2.75) is 182 Å². The van der Waals surface area contributed by atoms with Crippen LogP contribution >= 0.6 is 0 Å². The predicted octanol–water partition coefficient (Wildman–Crippen LogP) is 15.3. The van der Waals surface area contributed by atoms with E-state index in [1.54, 1.807) is 0 Å². The zero-order valence-corrected chi connectivity index (χ0v) is 40.8. The van der Waals surface area contributed by atoms with Gasteiger partial charge in [-0.3, -0.25) is 0 Å². The summed E-state index contributed by atoms with van der Waals surface area (Å²) in [4.78, 5) is 5.43. The highest BCUT2D eigenvalue weighted by Crippen LogP contribution is 2.49. The summed E-state index contributed by atoms with van der Waals surface area (Å²) in [6.45, 7) is 38.0. The molecule has 5 aromatic rings. The van der Waals surface area contributed by atoms with E-state index in [2.05, 4.69) is 206 Å². The van der Waals surface area contributed by atoms with Gasteiger partial charge in [0, 0.05) is 34.1 Å². The van der Waals surface area contributed by atoms with E-state index >= 15 is 0 Å². The van der Waals surface area contributed by atoms with Crippen molar-refractivity contribution in [1.82, 2.24) is 0 Å². The van der Waals surface area contributed by atoms with Crippen molar-refractivity contribution in [2.75, 3.05) is 9.80 Å². The van der Waals surface area contributed by atoms with Crippen molar-refractivity contribution in [3.05, 3.63) is 124 Å². The van der Waals surface area contributed by atoms with Crippen LogP contribution in [0.3, 0.4) is 0 Å². The Bertz CT molecular complexity index is 2240. The van der Waals surface area contributed by atoms with Crippen molar-refractivity contribution < 1.29 is 0 Å². The lowest BCUT2D eigenvalue weighted by Gasteiger charge is -2.46. The van der Waals surface area contributed by atoms with Crippen molar-refractivity contribution in [2.24, 2.45) is 0 Å². The molecule has 2 aliphatic heterocycles. The number of hydrogen-bond donors (Lipinski definition) is 0. The molecule has 0 radical (unpaired) electrons. The Hall–Kier alpha value is -4.24. The maximum atomic E-state index is 2.71. The molecular weight excluding hydrogens is 735 g/mol. The first-order valence-corrected chi connectivity index (χ1v) is 23.8. The summed E-state index contributed by atoms with van der Waals surface area (Å²) in [5.41, 5.74) is 22.0. The Kier molecular flexibility index (Phi) is 10.8. The van der Waals surface area contributed by atoms with E-state index < -0.39 is 0 Å². The number of anilines is 6. The third-order valence-electron chi connectivity index (χ3n) is 14.4.